The molecule has 0 aliphatic rings. The maximum Gasteiger partial charge on any atom is 0.258 e. The number of hydrogen-bond donors (Lipinski definition) is 2. The maximum absolute atomic E-state index is 12.2. The number of azo groups is 1. The number of carbonyl (C=O) groups excluding carboxylic acids is 1. The Bertz CT molecular complexity index is 975. The van der Waals surface area contributed by atoms with Crippen molar-refractivity contribution in [3.63, 3.8) is 0 Å². The van der Waals surface area contributed by atoms with Gasteiger partial charge in [0.2, 0.25) is 0 Å². The van der Waals surface area contributed by atoms with Gasteiger partial charge in [0, 0.05) is 5.69 Å². The minimum Gasteiger partial charge on any atom is -0.332 e. The topological polar surface area (TPSA) is 65.8 Å². The molecule has 3 aromatic rings. The lowest BCUT2D eigenvalue weighted by Crippen LogP contribution is -2.34. The summed E-state index contributed by atoms with van der Waals surface area (Å²) in [6, 6.07) is 23.4. The second kappa shape index (κ2) is 9.02. The lowest BCUT2D eigenvalue weighted by Gasteiger charge is -2.10. The normalized spacial score (nSPS) is 10.6. The van der Waals surface area contributed by atoms with Gasteiger partial charge in [0.1, 0.15) is 0 Å². The second-order valence-electron chi connectivity index (χ2n) is 5.47. The molecule has 0 aliphatic heterocycles. The number of nitrogens with zero attached hydrogens (tertiary/aromatic N) is 2. The first-order valence-corrected chi connectivity index (χ1v) is 8.84. The van der Waals surface area contributed by atoms with E-state index in [4.69, 9.17) is 23.8 Å². The molecule has 0 aromatic heterocycles. The Kier molecular flexibility index (Phi) is 6.25. The van der Waals surface area contributed by atoms with Gasteiger partial charge in [-0.3, -0.25) is 10.1 Å². The van der Waals surface area contributed by atoms with Gasteiger partial charge in [0.25, 0.3) is 5.91 Å². The monoisotopic (exact) mass is 394 g/mol. The zero-order valence-electron chi connectivity index (χ0n) is 14.1. The summed E-state index contributed by atoms with van der Waals surface area (Å²) in [4.78, 5) is 12.2. The number of anilines is 1. The van der Waals surface area contributed by atoms with Gasteiger partial charge < -0.3 is 5.32 Å². The minimum atomic E-state index is -0.369. The summed E-state index contributed by atoms with van der Waals surface area (Å²) in [5, 5.41) is 14.4. The van der Waals surface area contributed by atoms with Gasteiger partial charge in [-0.15, -0.1) is 0 Å². The van der Waals surface area contributed by atoms with Crippen LogP contribution in [0.1, 0.15) is 10.4 Å². The SMILES string of the molecule is O=C(NC(=S)Nc1ccc(N=Nc2ccccc2)cc1)c1ccccc1Cl. The fourth-order valence-corrected chi connectivity index (χ4v) is 2.63. The zero-order chi connectivity index (χ0) is 19.1. The van der Waals surface area contributed by atoms with Crippen molar-refractivity contribution in [2.75, 3.05) is 5.32 Å². The highest BCUT2D eigenvalue weighted by molar-refractivity contribution is 7.80. The molecule has 0 saturated heterocycles. The molecule has 0 aliphatic carbocycles. The van der Waals surface area contributed by atoms with Gasteiger partial charge in [0.15, 0.2) is 5.11 Å². The van der Waals surface area contributed by atoms with Crippen LogP contribution in [0.4, 0.5) is 17.1 Å². The number of thiocarbonyl (C=S) groups is 1. The molecule has 3 rings (SSSR count). The number of hydrogen-bond acceptors (Lipinski definition) is 4. The average Bonchev–Trinajstić information content (AvgIpc) is 2.68. The molecule has 2 N–H and O–H groups in total. The largest absolute Gasteiger partial charge is 0.332 e. The van der Waals surface area contributed by atoms with Gasteiger partial charge in [0.05, 0.1) is 22.0 Å². The van der Waals surface area contributed by atoms with E-state index in [2.05, 4.69) is 20.9 Å². The van der Waals surface area contributed by atoms with Crippen molar-refractivity contribution in [3.8, 4) is 0 Å². The smallest absolute Gasteiger partial charge is 0.258 e. The molecule has 0 bridgehead atoms. The summed E-state index contributed by atoms with van der Waals surface area (Å²) < 4.78 is 0. The van der Waals surface area contributed by atoms with Crippen LogP contribution in [0.25, 0.3) is 0 Å². The molecule has 0 spiro atoms. The average molecular weight is 395 g/mol. The van der Waals surface area contributed by atoms with E-state index in [1.165, 1.54) is 0 Å². The van der Waals surface area contributed by atoms with Crippen molar-refractivity contribution in [2.45, 2.75) is 0 Å². The molecule has 0 saturated carbocycles. The predicted molar refractivity (Wildman–Crippen MR) is 112 cm³/mol. The van der Waals surface area contributed by atoms with E-state index >= 15 is 0 Å². The van der Waals surface area contributed by atoms with Crippen molar-refractivity contribution in [3.05, 3.63) is 89.4 Å². The fourth-order valence-electron chi connectivity index (χ4n) is 2.20. The van der Waals surface area contributed by atoms with Gasteiger partial charge >= 0.3 is 0 Å². The van der Waals surface area contributed by atoms with Crippen LogP contribution >= 0.6 is 23.8 Å². The number of carbonyl (C=O) groups is 1. The lowest BCUT2D eigenvalue weighted by molar-refractivity contribution is 0.0978. The third-order valence-electron chi connectivity index (χ3n) is 3.51. The van der Waals surface area contributed by atoms with E-state index < -0.39 is 0 Å². The summed E-state index contributed by atoms with van der Waals surface area (Å²) in [6.45, 7) is 0. The van der Waals surface area contributed by atoms with Gasteiger partial charge in [-0.2, -0.15) is 10.2 Å². The Balaban J connectivity index is 1.58. The number of rotatable bonds is 4. The number of amides is 1. The molecular weight excluding hydrogens is 380 g/mol. The van der Waals surface area contributed by atoms with Gasteiger partial charge in [-0.1, -0.05) is 41.9 Å². The van der Waals surface area contributed by atoms with Crippen LogP contribution in [0.2, 0.25) is 5.02 Å². The highest BCUT2D eigenvalue weighted by Gasteiger charge is 2.11. The Morgan fingerprint density at radius 2 is 1.41 bits per heavy atom. The van der Waals surface area contributed by atoms with Crippen LogP contribution in [0.5, 0.6) is 0 Å². The quantitative estimate of drug-likeness (QED) is 0.428. The highest BCUT2D eigenvalue weighted by Crippen LogP contribution is 2.20. The van der Waals surface area contributed by atoms with Crippen LogP contribution in [0.3, 0.4) is 0 Å². The molecule has 0 fully saturated rings. The summed E-state index contributed by atoms with van der Waals surface area (Å²) >= 11 is 11.2. The van der Waals surface area contributed by atoms with Gasteiger partial charge in [-0.05, 0) is 60.7 Å². The van der Waals surface area contributed by atoms with E-state index in [0.29, 0.717) is 16.3 Å². The summed E-state index contributed by atoms with van der Waals surface area (Å²) in [6.07, 6.45) is 0. The first kappa shape index (κ1) is 18.7. The number of nitrogens with one attached hydrogen (secondary N) is 2. The number of halogens is 1. The molecule has 1 amide bonds. The van der Waals surface area contributed by atoms with Crippen LogP contribution in [0, 0.1) is 0 Å². The zero-order valence-corrected chi connectivity index (χ0v) is 15.7. The van der Waals surface area contributed by atoms with Crippen LogP contribution < -0.4 is 10.6 Å². The minimum absolute atomic E-state index is 0.179. The molecular formula is C20H15ClN4OS. The predicted octanol–water partition coefficient (Wildman–Crippen LogP) is 5.88. The lowest BCUT2D eigenvalue weighted by atomic mass is 10.2. The Morgan fingerprint density at radius 1 is 0.815 bits per heavy atom. The molecule has 5 nitrogen and oxygen atoms in total. The van der Waals surface area contributed by atoms with Crippen LogP contribution in [0.15, 0.2) is 89.1 Å². The maximum atomic E-state index is 12.2. The highest BCUT2D eigenvalue weighted by atomic mass is 35.5. The Morgan fingerprint density at radius 3 is 2.07 bits per heavy atom. The Labute approximate surface area is 167 Å². The summed E-state index contributed by atoms with van der Waals surface area (Å²) in [5.74, 6) is -0.369. The van der Waals surface area contributed by atoms with E-state index in [9.17, 15) is 4.79 Å². The first-order valence-electron chi connectivity index (χ1n) is 8.05. The molecule has 0 unspecified atom stereocenters. The van der Waals surface area contributed by atoms with E-state index in [1.54, 1.807) is 48.5 Å². The first-order chi connectivity index (χ1) is 13.1. The van der Waals surface area contributed by atoms with Crippen molar-refractivity contribution >= 4 is 51.9 Å². The van der Waals surface area contributed by atoms with Crippen molar-refractivity contribution in [1.82, 2.24) is 5.32 Å². The molecule has 134 valence electrons. The molecule has 3 aromatic carbocycles. The standard InChI is InChI=1S/C20H15ClN4OS/c21-18-9-5-4-8-17(18)19(26)23-20(27)22-14-10-12-16(13-11-14)25-24-15-6-2-1-3-7-15/h1-13H,(H2,22,23,26,27). The third-order valence-corrected chi connectivity index (χ3v) is 4.04. The van der Waals surface area contributed by atoms with Crippen molar-refractivity contribution in [1.29, 1.82) is 0 Å². The Hall–Kier alpha value is -3.09. The van der Waals surface area contributed by atoms with Crippen molar-refractivity contribution in [2.24, 2.45) is 10.2 Å². The molecule has 0 radical (unpaired) electrons. The third kappa shape index (κ3) is 5.44. The molecule has 7 heteroatoms. The summed E-state index contributed by atoms with van der Waals surface area (Å²) in [7, 11) is 0. The van der Waals surface area contributed by atoms with E-state index in [1.807, 2.05) is 30.3 Å². The molecule has 27 heavy (non-hydrogen) atoms. The van der Waals surface area contributed by atoms with Crippen molar-refractivity contribution < 1.29 is 4.79 Å². The van der Waals surface area contributed by atoms with Crippen LogP contribution in [-0.2, 0) is 0 Å². The van der Waals surface area contributed by atoms with Gasteiger partial charge in [-0.25, -0.2) is 0 Å². The second-order valence-corrected chi connectivity index (χ2v) is 6.29. The van der Waals surface area contributed by atoms with Crippen LogP contribution in [-0.4, -0.2) is 11.0 Å². The summed E-state index contributed by atoms with van der Waals surface area (Å²) in [5.41, 5.74) is 2.57. The number of benzene rings is 3. The van der Waals surface area contributed by atoms with E-state index in [-0.39, 0.29) is 11.0 Å². The molecule has 0 atom stereocenters. The molecule has 0 heterocycles. The van der Waals surface area contributed by atoms with E-state index in [0.717, 1.165) is 11.4 Å². The fraction of sp³-hybridized carbons (Fsp3) is 0.